The Morgan fingerprint density at radius 1 is 0.484 bits per heavy atom. The minimum Gasteiger partial charge on any atom is -0.258 e. The number of hydrogen-bond acceptors (Lipinski definition) is 10. The van der Waals surface area contributed by atoms with Gasteiger partial charge in [0.05, 0.1) is 53.8 Å². The standard InChI is InChI=1S/C16H7N5O10/c22-17(23)8-5-12(19(26)27)16(13(6-8)20(28)29)15-10-4-2-1-3-9(10)11(18(24)25)7-14(15)21(30)31/h1-7H. The normalized spacial score (nSPS) is 10.6. The Morgan fingerprint density at radius 2 is 0.903 bits per heavy atom. The first kappa shape index (κ1) is 20.6. The van der Waals surface area contributed by atoms with Crippen molar-refractivity contribution in [2.45, 2.75) is 0 Å². The van der Waals surface area contributed by atoms with Gasteiger partial charge in [0.2, 0.25) is 0 Å². The number of non-ortho nitro benzene ring substituents is 2. The molecule has 0 unspecified atom stereocenters. The van der Waals surface area contributed by atoms with E-state index in [0.29, 0.717) is 18.2 Å². The van der Waals surface area contributed by atoms with E-state index in [9.17, 15) is 50.6 Å². The average Bonchev–Trinajstić information content (AvgIpc) is 2.71. The minimum atomic E-state index is -1.16. The maximum atomic E-state index is 11.7. The molecular weight excluding hydrogens is 422 g/mol. The number of nitrogens with zero attached hydrogens (tertiary/aromatic N) is 5. The Kier molecular flexibility index (Phi) is 4.92. The van der Waals surface area contributed by atoms with E-state index in [1.807, 2.05) is 0 Å². The van der Waals surface area contributed by atoms with Crippen molar-refractivity contribution in [2.24, 2.45) is 0 Å². The molecule has 0 N–H and O–H groups in total. The fourth-order valence-electron chi connectivity index (χ4n) is 3.15. The van der Waals surface area contributed by atoms with Crippen molar-refractivity contribution in [1.82, 2.24) is 0 Å². The Morgan fingerprint density at radius 3 is 1.32 bits per heavy atom. The predicted molar refractivity (Wildman–Crippen MR) is 103 cm³/mol. The zero-order chi connectivity index (χ0) is 23.0. The van der Waals surface area contributed by atoms with E-state index in [4.69, 9.17) is 0 Å². The first-order valence-corrected chi connectivity index (χ1v) is 8.00. The van der Waals surface area contributed by atoms with E-state index in [0.717, 1.165) is 0 Å². The second-order valence-corrected chi connectivity index (χ2v) is 5.98. The number of hydrogen-bond donors (Lipinski definition) is 0. The van der Waals surface area contributed by atoms with Gasteiger partial charge in [-0.25, -0.2) is 0 Å². The minimum absolute atomic E-state index is 0.171. The average molecular weight is 429 g/mol. The van der Waals surface area contributed by atoms with Crippen LogP contribution in [0.4, 0.5) is 28.4 Å². The molecule has 3 aromatic carbocycles. The number of nitro benzene ring substituents is 5. The van der Waals surface area contributed by atoms with Crippen LogP contribution in [0.3, 0.4) is 0 Å². The van der Waals surface area contributed by atoms with Gasteiger partial charge in [0.15, 0.2) is 0 Å². The SMILES string of the molecule is O=[N+]([O-])c1cc([N+](=O)[O-])c(-c2c([N+](=O)[O-])cc([N+](=O)[O-])c3ccccc23)c([N+](=O)[O-])c1. The third-order valence-electron chi connectivity index (χ3n) is 4.33. The Balaban J connectivity index is 2.66. The van der Waals surface area contributed by atoms with Crippen LogP contribution in [-0.4, -0.2) is 24.6 Å². The van der Waals surface area contributed by atoms with Crippen LogP contribution in [0.5, 0.6) is 0 Å². The molecule has 3 rings (SSSR count). The lowest BCUT2D eigenvalue weighted by Crippen LogP contribution is -2.04. The molecule has 0 bridgehead atoms. The lowest BCUT2D eigenvalue weighted by Gasteiger charge is -2.10. The molecule has 0 saturated heterocycles. The fourth-order valence-corrected chi connectivity index (χ4v) is 3.15. The van der Waals surface area contributed by atoms with Crippen LogP contribution in [-0.2, 0) is 0 Å². The quantitative estimate of drug-likeness (QED) is 0.404. The van der Waals surface area contributed by atoms with Gasteiger partial charge in [0.25, 0.3) is 28.4 Å². The monoisotopic (exact) mass is 429 g/mol. The van der Waals surface area contributed by atoms with Crippen LogP contribution < -0.4 is 0 Å². The van der Waals surface area contributed by atoms with Gasteiger partial charge in [-0.1, -0.05) is 18.2 Å². The summed E-state index contributed by atoms with van der Waals surface area (Å²) >= 11 is 0. The highest BCUT2D eigenvalue weighted by Crippen LogP contribution is 2.49. The van der Waals surface area contributed by atoms with Crippen molar-refractivity contribution in [3.05, 3.63) is 93.0 Å². The summed E-state index contributed by atoms with van der Waals surface area (Å²) in [4.78, 5) is 52.0. The summed E-state index contributed by atoms with van der Waals surface area (Å²) < 4.78 is 0. The van der Waals surface area contributed by atoms with Crippen molar-refractivity contribution in [3.8, 4) is 11.1 Å². The van der Waals surface area contributed by atoms with E-state index in [-0.39, 0.29) is 10.8 Å². The van der Waals surface area contributed by atoms with Gasteiger partial charge in [0.1, 0.15) is 5.56 Å². The summed E-state index contributed by atoms with van der Waals surface area (Å²) in [6.45, 7) is 0. The lowest BCUT2D eigenvalue weighted by atomic mass is 9.92. The van der Waals surface area contributed by atoms with Crippen LogP contribution in [0.2, 0.25) is 0 Å². The molecule has 0 amide bonds. The molecule has 0 aliphatic rings. The molecule has 0 spiro atoms. The van der Waals surface area contributed by atoms with Gasteiger partial charge >= 0.3 is 0 Å². The summed E-state index contributed by atoms with van der Waals surface area (Å²) in [7, 11) is 0. The molecule has 3 aromatic rings. The summed E-state index contributed by atoms with van der Waals surface area (Å²) in [6, 6.07) is 6.46. The molecule has 0 atom stereocenters. The molecule has 15 nitrogen and oxygen atoms in total. The lowest BCUT2D eigenvalue weighted by molar-refractivity contribution is -0.402. The molecule has 0 aliphatic carbocycles. The van der Waals surface area contributed by atoms with Gasteiger partial charge in [-0.15, -0.1) is 0 Å². The third-order valence-corrected chi connectivity index (χ3v) is 4.33. The van der Waals surface area contributed by atoms with E-state index in [1.165, 1.54) is 24.3 Å². The summed E-state index contributed by atoms with van der Waals surface area (Å²) in [5.74, 6) is 0. The second kappa shape index (κ2) is 7.39. The molecular formula is C16H7N5O10. The van der Waals surface area contributed by atoms with Gasteiger partial charge in [0, 0.05) is 5.39 Å². The summed E-state index contributed by atoms with van der Waals surface area (Å²) in [5.41, 5.74) is -6.47. The molecule has 0 aliphatic heterocycles. The zero-order valence-corrected chi connectivity index (χ0v) is 14.9. The molecule has 0 saturated carbocycles. The predicted octanol–water partition coefficient (Wildman–Crippen LogP) is 4.05. The van der Waals surface area contributed by atoms with E-state index in [1.54, 1.807) is 0 Å². The van der Waals surface area contributed by atoms with Gasteiger partial charge in [-0.2, -0.15) is 0 Å². The highest BCUT2D eigenvalue weighted by Gasteiger charge is 2.38. The number of benzene rings is 3. The van der Waals surface area contributed by atoms with E-state index in [2.05, 4.69) is 0 Å². The maximum absolute atomic E-state index is 11.7. The Bertz CT molecular complexity index is 1300. The topological polar surface area (TPSA) is 216 Å². The Hall–Kier alpha value is -5.08. The van der Waals surface area contributed by atoms with Gasteiger partial charge in [-0.05, 0) is 6.07 Å². The molecule has 0 fully saturated rings. The Labute approximate surface area is 168 Å². The van der Waals surface area contributed by atoms with E-state index < -0.39 is 64.2 Å². The molecule has 0 aromatic heterocycles. The maximum Gasteiger partial charge on any atom is 0.291 e. The van der Waals surface area contributed by atoms with Crippen molar-refractivity contribution >= 4 is 39.2 Å². The van der Waals surface area contributed by atoms with Crippen molar-refractivity contribution in [3.63, 3.8) is 0 Å². The first-order chi connectivity index (χ1) is 14.5. The van der Waals surface area contributed by atoms with Crippen LogP contribution >= 0.6 is 0 Å². The second-order valence-electron chi connectivity index (χ2n) is 5.98. The molecule has 156 valence electrons. The largest absolute Gasteiger partial charge is 0.291 e. The summed E-state index contributed by atoms with van der Waals surface area (Å²) in [5, 5.41) is 57.0. The number of fused-ring (bicyclic) bond motifs is 1. The van der Waals surface area contributed by atoms with Gasteiger partial charge in [-0.3, -0.25) is 50.6 Å². The van der Waals surface area contributed by atoms with Crippen molar-refractivity contribution < 1.29 is 24.6 Å². The summed E-state index contributed by atoms with van der Waals surface area (Å²) in [6.07, 6.45) is 0. The van der Waals surface area contributed by atoms with Crippen LogP contribution in [0, 0.1) is 50.6 Å². The van der Waals surface area contributed by atoms with E-state index >= 15 is 0 Å². The van der Waals surface area contributed by atoms with Crippen LogP contribution in [0.1, 0.15) is 0 Å². The number of nitro groups is 5. The smallest absolute Gasteiger partial charge is 0.258 e. The van der Waals surface area contributed by atoms with Crippen LogP contribution in [0.25, 0.3) is 21.9 Å². The first-order valence-electron chi connectivity index (χ1n) is 8.00. The third kappa shape index (κ3) is 3.41. The van der Waals surface area contributed by atoms with Crippen LogP contribution in [0.15, 0.2) is 42.5 Å². The number of rotatable bonds is 6. The molecule has 15 heteroatoms. The fraction of sp³-hybridized carbons (Fsp3) is 0. The highest BCUT2D eigenvalue weighted by molar-refractivity contribution is 6.09. The highest BCUT2D eigenvalue weighted by atomic mass is 16.6. The van der Waals surface area contributed by atoms with Crippen molar-refractivity contribution in [2.75, 3.05) is 0 Å². The molecule has 0 heterocycles. The molecule has 0 radical (unpaired) electrons. The zero-order valence-electron chi connectivity index (χ0n) is 14.9. The van der Waals surface area contributed by atoms with Gasteiger partial charge < -0.3 is 0 Å². The van der Waals surface area contributed by atoms with Crippen molar-refractivity contribution in [1.29, 1.82) is 0 Å². The molecule has 31 heavy (non-hydrogen) atoms.